The molecule has 0 spiro atoms. The molecular weight excluding hydrogens is 376 g/mol. The number of aryl methyl sites for hydroxylation is 2. The molecule has 6 heteroatoms. The summed E-state index contributed by atoms with van der Waals surface area (Å²) in [5.74, 6) is -0.0769. The van der Waals surface area contributed by atoms with E-state index in [1.807, 2.05) is 43.5 Å². The van der Waals surface area contributed by atoms with E-state index in [2.05, 4.69) is 0 Å². The summed E-state index contributed by atoms with van der Waals surface area (Å²) in [6, 6.07) is 14.1. The highest BCUT2D eigenvalue weighted by Gasteiger charge is 2.16. The van der Waals surface area contributed by atoms with Crippen LogP contribution in [0, 0.1) is 30.9 Å². The smallest absolute Gasteiger partial charge is 0.289 e. The Morgan fingerprint density at radius 2 is 1.75 bits per heavy atom. The molecule has 0 atom stereocenters. The van der Waals surface area contributed by atoms with Crippen LogP contribution in [-0.4, -0.2) is 15.3 Å². The number of nitro groups is 1. The molecule has 0 aliphatic rings. The number of halogens is 1. The summed E-state index contributed by atoms with van der Waals surface area (Å²) in [4.78, 5) is 23.1. The number of aromatic nitrogens is 1. The van der Waals surface area contributed by atoms with E-state index in [0.29, 0.717) is 11.3 Å². The molecule has 28 heavy (non-hydrogen) atoms. The summed E-state index contributed by atoms with van der Waals surface area (Å²) in [6.07, 6.45) is 3.31. The van der Waals surface area contributed by atoms with Crippen molar-refractivity contribution in [2.75, 3.05) is 0 Å². The Bertz CT molecular complexity index is 1100. The minimum Gasteiger partial charge on any atom is -0.318 e. The third-order valence-electron chi connectivity index (χ3n) is 4.61. The maximum atomic E-state index is 12.4. The Kier molecular flexibility index (Phi) is 5.47. The van der Waals surface area contributed by atoms with Gasteiger partial charge in [0.05, 0.1) is 10.6 Å². The molecule has 0 N–H and O–H groups in total. The predicted molar refractivity (Wildman–Crippen MR) is 111 cm³/mol. The number of ketones is 1. The van der Waals surface area contributed by atoms with Gasteiger partial charge in [0.15, 0.2) is 5.78 Å². The monoisotopic (exact) mass is 394 g/mol. The summed E-state index contributed by atoms with van der Waals surface area (Å²) < 4.78 is 1.90. The maximum Gasteiger partial charge on any atom is 0.289 e. The van der Waals surface area contributed by atoms with E-state index < -0.39 is 4.92 Å². The summed E-state index contributed by atoms with van der Waals surface area (Å²) in [5.41, 5.74) is 4.88. The molecule has 2 aromatic carbocycles. The minimum absolute atomic E-state index is 0.0769. The van der Waals surface area contributed by atoms with Crippen molar-refractivity contribution >= 4 is 29.1 Å². The zero-order chi connectivity index (χ0) is 20.4. The highest BCUT2D eigenvalue weighted by molar-refractivity contribution is 6.32. The fraction of sp³-hybridized carbons (Fsp3) is 0.136. The van der Waals surface area contributed by atoms with Crippen LogP contribution >= 0.6 is 11.6 Å². The van der Waals surface area contributed by atoms with Gasteiger partial charge in [-0.3, -0.25) is 14.9 Å². The highest BCUT2D eigenvalue weighted by Crippen LogP contribution is 2.29. The van der Waals surface area contributed by atoms with Gasteiger partial charge in [-0.05, 0) is 56.7 Å². The van der Waals surface area contributed by atoms with E-state index in [4.69, 9.17) is 11.6 Å². The van der Waals surface area contributed by atoms with Gasteiger partial charge in [0, 0.05) is 23.0 Å². The van der Waals surface area contributed by atoms with Crippen LogP contribution in [-0.2, 0) is 0 Å². The van der Waals surface area contributed by atoms with Crippen LogP contribution < -0.4 is 0 Å². The first-order chi connectivity index (χ1) is 13.3. The van der Waals surface area contributed by atoms with Gasteiger partial charge in [-0.1, -0.05) is 41.4 Å². The second-order valence-corrected chi connectivity index (χ2v) is 7.03. The number of benzene rings is 2. The third-order valence-corrected chi connectivity index (χ3v) is 4.92. The molecule has 0 unspecified atom stereocenters. The number of carbonyl (C=O) groups excluding carboxylic acids is 1. The van der Waals surface area contributed by atoms with Crippen LogP contribution in [0.2, 0.25) is 5.02 Å². The van der Waals surface area contributed by atoms with Crippen LogP contribution in [0.15, 0.2) is 54.6 Å². The second kappa shape index (κ2) is 7.82. The van der Waals surface area contributed by atoms with Crippen LogP contribution in [0.4, 0.5) is 5.69 Å². The summed E-state index contributed by atoms with van der Waals surface area (Å²) in [6.45, 7) is 5.79. The zero-order valence-electron chi connectivity index (χ0n) is 15.8. The fourth-order valence-electron chi connectivity index (χ4n) is 3.11. The lowest BCUT2D eigenvalue weighted by Gasteiger charge is -2.10. The molecule has 3 aromatic rings. The van der Waals surface area contributed by atoms with E-state index in [9.17, 15) is 14.9 Å². The van der Waals surface area contributed by atoms with Crippen molar-refractivity contribution in [1.82, 2.24) is 4.57 Å². The molecule has 3 rings (SSSR count). The molecule has 0 aliphatic heterocycles. The van der Waals surface area contributed by atoms with Gasteiger partial charge >= 0.3 is 0 Å². The van der Waals surface area contributed by atoms with E-state index >= 15 is 0 Å². The lowest BCUT2D eigenvalue weighted by atomic mass is 10.1. The topological polar surface area (TPSA) is 65.1 Å². The van der Waals surface area contributed by atoms with Gasteiger partial charge < -0.3 is 4.57 Å². The molecular formula is C22H19ClN2O3. The first-order valence-corrected chi connectivity index (χ1v) is 9.08. The number of hydrogen-bond donors (Lipinski definition) is 0. The molecule has 0 bridgehead atoms. The number of nitrogens with zero attached hydrogens (tertiary/aromatic N) is 2. The number of allylic oxidation sites excluding steroid dienone is 1. The lowest BCUT2D eigenvalue weighted by Crippen LogP contribution is -2.00. The van der Waals surface area contributed by atoms with Gasteiger partial charge in [-0.25, -0.2) is 0 Å². The fourth-order valence-corrected chi connectivity index (χ4v) is 3.30. The Labute approximate surface area is 168 Å². The van der Waals surface area contributed by atoms with Crippen molar-refractivity contribution in [3.63, 3.8) is 0 Å². The van der Waals surface area contributed by atoms with E-state index in [1.54, 1.807) is 30.4 Å². The van der Waals surface area contributed by atoms with Crippen molar-refractivity contribution in [3.8, 4) is 5.69 Å². The Morgan fingerprint density at radius 1 is 1.07 bits per heavy atom. The molecule has 5 nitrogen and oxygen atoms in total. The minimum atomic E-state index is -0.499. The average Bonchev–Trinajstić information content (AvgIpc) is 2.94. The van der Waals surface area contributed by atoms with Gasteiger partial charge in [-0.15, -0.1) is 0 Å². The summed E-state index contributed by atoms with van der Waals surface area (Å²) in [5, 5.41) is 11.3. The van der Waals surface area contributed by atoms with Crippen molar-refractivity contribution in [2.45, 2.75) is 20.8 Å². The quantitative estimate of drug-likeness (QED) is 0.235. The molecule has 0 radical (unpaired) electrons. The molecule has 1 heterocycles. The molecule has 0 aliphatic carbocycles. The van der Waals surface area contributed by atoms with E-state index in [0.717, 1.165) is 22.5 Å². The Hall–Kier alpha value is -3.18. The maximum absolute atomic E-state index is 12.4. The lowest BCUT2D eigenvalue weighted by molar-refractivity contribution is -0.384. The molecule has 0 saturated carbocycles. The van der Waals surface area contributed by atoms with Crippen molar-refractivity contribution in [3.05, 3.63) is 97.8 Å². The van der Waals surface area contributed by atoms with Crippen LogP contribution in [0.1, 0.15) is 32.9 Å². The molecule has 0 fully saturated rings. The molecule has 142 valence electrons. The van der Waals surface area contributed by atoms with Crippen LogP contribution in [0.3, 0.4) is 0 Å². The highest BCUT2D eigenvalue weighted by atomic mass is 35.5. The first kappa shape index (κ1) is 19.6. The Balaban J connectivity index is 1.94. The summed E-state index contributed by atoms with van der Waals surface area (Å²) in [7, 11) is 0. The van der Waals surface area contributed by atoms with E-state index in [1.165, 1.54) is 12.1 Å². The zero-order valence-corrected chi connectivity index (χ0v) is 16.5. The van der Waals surface area contributed by atoms with Gasteiger partial charge in [-0.2, -0.15) is 0 Å². The van der Waals surface area contributed by atoms with Crippen LogP contribution in [0.25, 0.3) is 11.8 Å². The molecule has 0 saturated heterocycles. The molecule has 1 aromatic heterocycles. The average molecular weight is 395 g/mol. The SMILES string of the molecule is Cc1ccc(C(=O)/C=C/c2cc(C)n(-c3ccc(Cl)c([N+](=O)[O-])c3)c2C)cc1. The standard InChI is InChI=1S/C22H19ClN2O3/c1-14-4-6-17(7-5-14)22(26)11-8-18-12-15(2)24(16(18)3)19-9-10-20(23)21(13-19)25(27)28/h4-13H,1-3H3/b11-8+. The van der Waals surface area contributed by atoms with E-state index in [-0.39, 0.29) is 16.5 Å². The second-order valence-electron chi connectivity index (χ2n) is 6.62. The van der Waals surface area contributed by atoms with Crippen molar-refractivity contribution in [2.24, 2.45) is 0 Å². The van der Waals surface area contributed by atoms with Gasteiger partial charge in [0.25, 0.3) is 5.69 Å². The van der Waals surface area contributed by atoms with Crippen molar-refractivity contribution in [1.29, 1.82) is 0 Å². The summed E-state index contributed by atoms with van der Waals surface area (Å²) >= 11 is 5.92. The Morgan fingerprint density at radius 3 is 2.39 bits per heavy atom. The van der Waals surface area contributed by atoms with Gasteiger partial charge in [0.2, 0.25) is 0 Å². The van der Waals surface area contributed by atoms with Crippen LogP contribution in [0.5, 0.6) is 0 Å². The predicted octanol–water partition coefficient (Wildman–Crippen LogP) is 5.86. The first-order valence-electron chi connectivity index (χ1n) is 8.70. The number of rotatable bonds is 5. The number of carbonyl (C=O) groups is 1. The largest absolute Gasteiger partial charge is 0.318 e. The van der Waals surface area contributed by atoms with Gasteiger partial charge in [0.1, 0.15) is 5.02 Å². The molecule has 0 amide bonds. The third kappa shape index (κ3) is 3.89. The number of hydrogen-bond acceptors (Lipinski definition) is 3. The number of nitro benzene ring substituents is 1. The van der Waals surface area contributed by atoms with Crippen molar-refractivity contribution < 1.29 is 9.72 Å². The normalized spacial score (nSPS) is 11.1.